The molecule has 1 aliphatic carbocycles. The molecule has 0 aromatic heterocycles. The Kier molecular flexibility index (Phi) is 3.41. The number of halogens is 2. The molecule has 0 heterocycles. The normalized spacial score (nSPS) is 23.3. The van der Waals surface area contributed by atoms with Crippen molar-refractivity contribution in [1.82, 2.24) is 0 Å². The third-order valence-electron chi connectivity index (χ3n) is 2.50. The summed E-state index contributed by atoms with van der Waals surface area (Å²) < 4.78 is 43.1. The second-order valence-corrected chi connectivity index (χ2v) is 9.36. The summed E-state index contributed by atoms with van der Waals surface area (Å²) in [6, 6.07) is 0. The van der Waals surface area contributed by atoms with Crippen molar-refractivity contribution in [3.05, 3.63) is 0 Å². The molecule has 1 saturated carbocycles. The van der Waals surface area contributed by atoms with Crippen LogP contribution in [0.4, 0.5) is 0 Å². The van der Waals surface area contributed by atoms with E-state index in [0.717, 1.165) is 6.42 Å². The van der Waals surface area contributed by atoms with Crippen molar-refractivity contribution in [2.75, 3.05) is 0 Å². The minimum Gasteiger partial charge on any atom is -0.210 e. The van der Waals surface area contributed by atoms with E-state index in [0.29, 0.717) is 12.8 Å². The molecular formula is C6H10Cl2O4S2. The Morgan fingerprint density at radius 1 is 0.786 bits per heavy atom. The van der Waals surface area contributed by atoms with Crippen LogP contribution in [-0.4, -0.2) is 20.9 Å². The summed E-state index contributed by atoms with van der Waals surface area (Å²) >= 11 is 0. The maximum atomic E-state index is 11.3. The summed E-state index contributed by atoms with van der Waals surface area (Å²) in [4.78, 5) is 0. The Balaban J connectivity index is 3.30. The van der Waals surface area contributed by atoms with Crippen LogP contribution in [0, 0.1) is 0 Å². The lowest BCUT2D eigenvalue weighted by Gasteiger charge is -2.30. The topological polar surface area (TPSA) is 68.3 Å². The molecule has 1 fully saturated rings. The molecule has 0 aromatic carbocycles. The zero-order valence-electron chi connectivity index (χ0n) is 7.24. The highest BCUT2D eigenvalue weighted by molar-refractivity contribution is 8.30. The van der Waals surface area contributed by atoms with Crippen LogP contribution in [0.5, 0.6) is 0 Å². The van der Waals surface area contributed by atoms with E-state index in [1.165, 1.54) is 0 Å². The lowest BCUT2D eigenvalue weighted by molar-refractivity contribution is 0.445. The molecule has 8 heteroatoms. The summed E-state index contributed by atoms with van der Waals surface area (Å²) in [6.07, 6.45) is 1.81. The largest absolute Gasteiger partial charge is 0.254 e. The van der Waals surface area contributed by atoms with Gasteiger partial charge >= 0.3 is 0 Å². The Morgan fingerprint density at radius 3 is 1.36 bits per heavy atom. The van der Waals surface area contributed by atoms with E-state index in [4.69, 9.17) is 21.4 Å². The highest BCUT2D eigenvalue weighted by Gasteiger charge is 2.54. The molecule has 4 nitrogen and oxygen atoms in total. The maximum Gasteiger partial charge on any atom is 0.254 e. The van der Waals surface area contributed by atoms with Crippen LogP contribution in [0.3, 0.4) is 0 Å². The molecule has 0 aromatic rings. The SMILES string of the molecule is O=S(=O)(Cl)C1(S(=O)(=O)Cl)CCCCC1. The maximum absolute atomic E-state index is 11.3. The van der Waals surface area contributed by atoms with E-state index < -0.39 is 22.2 Å². The summed E-state index contributed by atoms with van der Waals surface area (Å²) in [7, 11) is 1.94. The second kappa shape index (κ2) is 3.81. The van der Waals surface area contributed by atoms with Gasteiger partial charge in [0.05, 0.1) is 0 Å². The van der Waals surface area contributed by atoms with Crippen LogP contribution < -0.4 is 0 Å². The third kappa shape index (κ3) is 2.03. The van der Waals surface area contributed by atoms with E-state index in [-0.39, 0.29) is 12.8 Å². The van der Waals surface area contributed by atoms with E-state index in [9.17, 15) is 16.8 Å². The number of hydrogen-bond acceptors (Lipinski definition) is 4. The first-order valence-corrected chi connectivity index (χ1v) is 8.71. The van der Waals surface area contributed by atoms with Gasteiger partial charge in [0, 0.05) is 21.4 Å². The fraction of sp³-hybridized carbons (Fsp3) is 1.00. The van der Waals surface area contributed by atoms with Gasteiger partial charge in [-0.1, -0.05) is 19.3 Å². The van der Waals surface area contributed by atoms with Crippen molar-refractivity contribution < 1.29 is 16.8 Å². The van der Waals surface area contributed by atoms with E-state index in [1.807, 2.05) is 0 Å². The van der Waals surface area contributed by atoms with Crippen molar-refractivity contribution in [1.29, 1.82) is 0 Å². The molecule has 0 amide bonds. The average Bonchev–Trinajstić information content (AvgIpc) is 2.02. The van der Waals surface area contributed by atoms with Gasteiger partial charge in [-0.25, -0.2) is 16.8 Å². The lowest BCUT2D eigenvalue weighted by Crippen LogP contribution is -2.43. The van der Waals surface area contributed by atoms with E-state index >= 15 is 0 Å². The fourth-order valence-corrected chi connectivity index (χ4v) is 6.91. The van der Waals surface area contributed by atoms with Crippen LogP contribution in [0.2, 0.25) is 0 Å². The smallest absolute Gasteiger partial charge is 0.210 e. The number of rotatable bonds is 2. The third-order valence-corrected chi connectivity index (χ3v) is 8.74. The van der Waals surface area contributed by atoms with E-state index in [1.54, 1.807) is 0 Å². The van der Waals surface area contributed by atoms with E-state index in [2.05, 4.69) is 0 Å². The van der Waals surface area contributed by atoms with Gasteiger partial charge in [0.25, 0.3) is 18.1 Å². The van der Waals surface area contributed by atoms with Crippen molar-refractivity contribution in [2.24, 2.45) is 0 Å². The molecule has 0 atom stereocenters. The highest BCUT2D eigenvalue weighted by Crippen LogP contribution is 2.43. The van der Waals surface area contributed by atoms with Gasteiger partial charge in [0.1, 0.15) is 0 Å². The monoisotopic (exact) mass is 280 g/mol. The van der Waals surface area contributed by atoms with Gasteiger partial charge in [0.2, 0.25) is 4.08 Å². The van der Waals surface area contributed by atoms with Gasteiger partial charge < -0.3 is 0 Å². The predicted molar refractivity (Wildman–Crippen MR) is 55.4 cm³/mol. The van der Waals surface area contributed by atoms with Crippen LogP contribution in [0.15, 0.2) is 0 Å². The summed E-state index contributed by atoms with van der Waals surface area (Å²) in [5.74, 6) is 0. The zero-order chi connectivity index (χ0) is 11.0. The molecular weight excluding hydrogens is 271 g/mol. The van der Waals surface area contributed by atoms with Gasteiger partial charge in [-0.05, 0) is 12.8 Å². The Hall–Kier alpha value is 0.480. The molecule has 1 rings (SSSR count). The minimum absolute atomic E-state index is 0.00926. The molecule has 0 saturated heterocycles. The molecule has 0 N–H and O–H groups in total. The summed E-state index contributed by atoms with van der Waals surface area (Å²) in [6.45, 7) is 0. The van der Waals surface area contributed by atoms with Crippen LogP contribution in [0.25, 0.3) is 0 Å². The van der Waals surface area contributed by atoms with Gasteiger partial charge in [0.15, 0.2) is 0 Å². The van der Waals surface area contributed by atoms with Gasteiger partial charge in [-0.15, -0.1) is 0 Å². The van der Waals surface area contributed by atoms with Crippen LogP contribution >= 0.6 is 21.4 Å². The summed E-state index contributed by atoms with van der Waals surface area (Å²) in [5.41, 5.74) is 0. The average molecular weight is 281 g/mol. The highest BCUT2D eigenvalue weighted by atomic mass is 35.7. The second-order valence-electron chi connectivity index (χ2n) is 3.35. The Labute approximate surface area is 92.4 Å². The predicted octanol–water partition coefficient (Wildman–Crippen LogP) is 1.78. The molecule has 0 bridgehead atoms. The zero-order valence-corrected chi connectivity index (χ0v) is 10.4. The van der Waals surface area contributed by atoms with Crippen molar-refractivity contribution in [3.8, 4) is 0 Å². The van der Waals surface area contributed by atoms with Crippen molar-refractivity contribution in [2.45, 2.75) is 36.2 Å². The molecule has 0 spiro atoms. The summed E-state index contributed by atoms with van der Waals surface area (Å²) in [5, 5.41) is 0. The van der Waals surface area contributed by atoms with Crippen molar-refractivity contribution >= 4 is 39.5 Å². The van der Waals surface area contributed by atoms with Gasteiger partial charge in [-0.3, -0.25) is 0 Å². The van der Waals surface area contributed by atoms with Crippen molar-refractivity contribution in [3.63, 3.8) is 0 Å². The molecule has 1 aliphatic rings. The minimum atomic E-state index is -4.19. The molecule has 0 unspecified atom stereocenters. The first kappa shape index (κ1) is 12.5. The molecule has 14 heavy (non-hydrogen) atoms. The lowest BCUT2D eigenvalue weighted by atomic mass is 10.00. The van der Waals surface area contributed by atoms with Crippen LogP contribution in [-0.2, 0) is 18.1 Å². The molecule has 84 valence electrons. The fourth-order valence-electron chi connectivity index (χ4n) is 1.70. The Bertz CT molecular complexity index is 371. The van der Waals surface area contributed by atoms with Gasteiger partial charge in [-0.2, -0.15) is 0 Å². The quantitative estimate of drug-likeness (QED) is 0.723. The molecule has 0 aliphatic heterocycles. The standard InChI is InChI=1S/C6H10Cl2O4S2/c7-13(9,10)6(14(8,11)12)4-2-1-3-5-6/h1-5H2. The molecule has 0 radical (unpaired) electrons. The first-order valence-electron chi connectivity index (χ1n) is 4.09. The first-order chi connectivity index (χ1) is 6.21. The Morgan fingerprint density at radius 2 is 1.14 bits per heavy atom. The van der Waals surface area contributed by atoms with Crippen LogP contribution in [0.1, 0.15) is 32.1 Å². The number of hydrogen-bond donors (Lipinski definition) is 0.